The second kappa shape index (κ2) is 5.56. The maximum atomic E-state index is 11.1. The van der Waals surface area contributed by atoms with E-state index >= 15 is 0 Å². The summed E-state index contributed by atoms with van der Waals surface area (Å²) in [4.78, 5) is 11.1. The molecule has 4 heteroatoms. The molecular weight excluding hydrogens is 308 g/mol. The van der Waals surface area contributed by atoms with Gasteiger partial charge in [-0.05, 0) is 63.3 Å². The van der Waals surface area contributed by atoms with Crippen LogP contribution < -0.4 is 4.74 Å². The van der Waals surface area contributed by atoms with Crippen LogP contribution in [0.5, 0.6) is 5.75 Å². The lowest BCUT2D eigenvalue weighted by atomic mass is 9.99. The molecule has 0 fully saturated rings. The Balaban J connectivity index is 1.63. The van der Waals surface area contributed by atoms with Crippen LogP contribution in [0.25, 0.3) is 11.1 Å². The van der Waals surface area contributed by atoms with Crippen molar-refractivity contribution in [2.45, 2.75) is 12.5 Å². The zero-order chi connectivity index (χ0) is 15.8. The van der Waals surface area contributed by atoms with Gasteiger partial charge in [0.2, 0.25) is 0 Å². The van der Waals surface area contributed by atoms with Crippen LogP contribution in [0.1, 0.15) is 27.6 Å². The van der Waals surface area contributed by atoms with Gasteiger partial charge in [0, 0.05) is 6.42 Å². The van der Waals surface area contributed by atoms with Crippen LogP contribution in [0.4, 0.5) is 0 Å². The molecule has 114 valence electrons. The first-order valence-corrected chi connectivity index (χ1v) is 8.30. The van der Waals surface area contributed by atoms with E-state index in [-0.39, 0.29) is 6.10 Å². The van der Waals surface area contributed by atoms with Crippen molar-refractivity contribution in [2.24, 2.45) is 0 Å². The van der Waals surface area contributed by atoms with Gasteiger partial charge in [0.25, 0.3) is 0 Å². The van der Waals surface area contributed by atoms with Crippen LogP contribution in [0.2, 0.25) is 0 Å². The van der Waals surface area contributed by atoms with Crippen LogP contribution in [-0.4, -0.2) is 11.1 Å². The van der Waals surface area contributed by atoms with E-state index in [1.807, 2.05) is 12.1 Å². The number of benzene rings is 2. The predicted molar refractivity (Wildman–Crippen MR) is 90.2 cm³/mol. The minimum atomic E-state index is -0.915. The molecule has 0 spiro atoms. The number of ether oxygens (including phenoxy) is 1. The van der Waals surface area contributed by atoms with Gasteiger partial charge in [-0.1, -0.05) is 18.2 Å². The molecule has 1 atom stereocenters. The Kier molecular flexibility index (Phi) is 3.39. The molecule has 1 aliphatic rings. The van der Waals surface area contributed by atoms with E-state index in [1.165, 1.54) is 16.7 Å². The second-order valence-electron chi connectivity index (χ2n) is 5.58. The molecule has 1 aliphatic heterocycles. The van der Waals surface area contributed by atoms with Gasteiger partial charge in [-0.2, -0.15) is 11.3 Å². The van der Waals surface area contributed by atoms with E-state index in [9.17, 15) is 4.79 Å². The van der Waals surface area contributed by atoms with Crippen LogP contribution >= 0.6 is 11.3 Å². The lowest BCUT2D eigenvalue weighted by Gasteiger charge is -2.11. The summed E-state index contributed by atoms with van der Waals surface area (Å²) in [6.07, 6.45) is 0.637. The monoisotopic (exact) mass is 322 g/mol. The third kappa shape index (κ3) is 2.62. The Morgan fingerprint density at radius 3 is 2.83 bits per heavy atom. The third-order valence-corrected chi connectivity index (χ3v) is 4.78. The number of hydrogen-bond donors (Lipinski definition) is 1. The summed E-state index contributed by atoms with van der Waals surface area (Å²) >= 11 is 1.68. The summed E-state index contributed by atoms with van der Waals surface area (Å²) in [5.74, 6) is -0.0307. The normalized spacial score (nSPS) is 15.9. The van der Waals surface area contributed by atoms with Crippen molar-refractivity contribution < 1.29 is 14.6 Å². The van der Waals surface area contributed by atoms with E-state index in [1.54, 1.807) is 29.5 Å². The number of fused-ring (bicyclic) bond motifs is 1. The van der Waals surface area contributed by atoms with E-state index in [0.29, 0.717) is 5.56 Å². The van der Waals surface area contributed by atoms with Crippen LogP contribution in [0.15, 0.2) is 59.3 Å². The molecule has 2 aromatic carbocycles. The molecule has 3 aromatic rings. The van der Waals surface area contributed by atoms with Gasteiger partial charge in [0.15, 0.2) is 0 Å². The molecule has 0 bridgehead atoms. The molecule has 1 N–H and O–H groups in total. The topological polar surface area (TPSA) is 46.5 Å². The maximum absolute atomic E-state index is 11.1. The lowest BCUT2D eigenvalue weighted by Crippen LogP contribution is -2.05. The highest BCUT2D eigenvalue weighted by Gasteiger charge is 2.25. The molecule has 0 amide bonds. The minimum Gasteiger partial charge on any atom is -0.485 e. The predicted octanol–water partition coefficient (Wildman–Crippen LogP) is 4.79. The standard InChI is InChI=1S/C19H14O3S/c20-19(21)14-3-1-2-13(9-14)18-10-16-8-12(4-5-17(16)22-18)15-6-7-23-11-15/h1-9,11,18H,10H2,(H,20,21). The second-order valence-corrected chi connectivity index (χ2v) is 6.36. The molecule has 0 radical (unpaired) electrons. The number of rotatable bonds is 3. The number of carboxylic acid groups (broad SMARTS) is 1. The van der Waals surface area contributed by atoms with Crippen molar-refractivity contribution in [3.05, 3.63) is 76.0 Å². The summed E-state index contributed by atoms with van der Waals surface area (Å²) < 4.78 is 6.01. The molecule has 1 unspecified atom stereocenters. The maximum Gasteiger partial charge on any atom is 0.335 e. The first-order chi connectivity index (χ1) is 11.2. The number of hydrogen-bond acceptors (Lipinski definition) is 3. The summed E-state index contributed by atoms with van der Waals surface area (Å²) in [6, 6.07) is 15.3. The zero-order valence-electron chi connectivity index (χ0n) is 12.2. The van der Waals surface area contributed by atoms with Gasteiger partial charge in [-0.25, -0.2) is 4.79 Å². The third-order valence-electron chi connectivity index (χ3n) is 4.09. The number of thiophene rings is 1. The summed E-state index contributed by atoms with van der Waals surface area (Å²) in [7, 11) is 0. The molecule has 1 aromatic heterocycles. The van der Waals surface area contributed by atoms with Crippen molar-refractivity contribution in [1.82, 2.24) is 0 Å². The van der Waals surface area contributed by atoms with Crippen LogP contribution in [-0.2, 0) is 6.42 Å². The minimum absolute atomic E-state index is 0.123. The average molecular weight is 322 g/mol. The molecule has 0 saturated heterocycles. The molecule has 3 nitrogen and oxygen atoms in total. The van der Waals surface area contributed by atoms with E-state index in [2.05, 4.69) is 29.0 Å². The molecule has 2 heterocycles. The van der Waals surface area contributed by atoms with Crippen molar-refractivity contribution in [2.75, 3.05) is 0 Å². The van der Waals surface area contributed by atoms with Crippen molar-refractivity contribution in [1.29, 1.82) is 0 Å². The molecular formula is C19H14O3S. The number of carboxylic acids is 1. The molecule has 23 heavy (non-hydrogen) atoms. The van der Waals surface area contributed by atoms with E-state index in [0.717, 1.165) is 17.7 Å². The van der Waals surface area contributed by atoms with Gasteiger partial charge in [-0.15, -0.1) is 0 Å². The van der Waals surface area contributed by atoms with Gasteiger partial charge < -0.3 is 9.84 Å². The summed E-state index contributed by atoms with van der Waals surface area (Å²) in [6.45, 7) is 0. The van der Waals surface area contributed by atoms with Crippen LogP contribution in [0, 0.1) is 0 Å². The number of carbonyl (C=O) groups is 1. The Morgan fingerprint density at radius 1 is 1.13 bits per heavy atom. The number of aromatic carboxylic acids is 1. The van der Waals surface area contributed by atoms with Gasteiger partial charge in [-0.3, -0.25) is 0 Å². The molecule has 0 saturated carbocycles. The quantitative estimate of drug-likeness (QED) is 0.754. The Labute approximate surface area is 137 Å². The smallest absolute Gasteiger partial charge is 0.335 e. The van der Waals surface area contributed by atoms with Crippen molar-refractivity contribution >= 4 is 17.3 Å². The Morgan fingerprint density at radius 2 is 2.04 bits per heavy atom. The van der Waals surface area contributed by atoms with Crippen LogP contribution in [0.3, 0.4) is 0 Å². The van der Waals surface area contributed by atoms with Crippen molar-refractivity contribution in [3.8, 4) is 16.9 Å². The Bertz CT molecular complexity index is 868. The SMILES string of the molecule is O=C(O)c1cccc(C2Cc3cc(-c4ccsc4)ccc3O2)c1. The fourth-order valence-electron chi connectivity index (χ4n) is 2.91. The Hall–Kier alpha value is -2.59. The van der Waals surface area contributed by atoms with Crippen molar-refractivity contribution in [3.63, 3.8) is 0 Å². The highest BCUT2D eigenvalue weighted by molar-refractivity contribution is 7.08. The summed E-state index contributed by atoms with van der Waals surface area (Å²) in [5, 5.41) is 13.3. The fraction of sp³-hybridized carbons (Fsp3) is 0.105. The highest BCUT2D eigenvalue weighted by atomic mass is 32.1. The molecule has 0 aliphatic carbocycles. The van der Waals surface area contributed by atoms with E-state index in [4.69, 9.17) is 9.84 Å². The van der Waals surface area contributed by atoms with Gasteiger partial charge in [0.05, 0.1) is 5.56 Å². The first-order valence-electron chi connectivity index (χ1n) is 7.36. The largest absolute Gasteiger partial charge is 0.485 e. The summed E-state index contributed by atoms with van der Waals surface area (Å²) in [5.41, 5.74) is 4.77. The highest BCUT2D eigenvalue weighted by Crippen LogP contribution is 2.39. The van der Waals surface area contributed by atoms with Gasteiger partial charge >= 0.3 is 5.97 Å². The first kappa shape index (κ1) is 14.0. The average Bonchev–Trinajstić information content (AvgIpc) is 3.23. The lowest BCUT2D eigenvalue weighted by molar-refractivity contribution is 0.0696. The van der Waals surface area contributed by atoms with Gasteiger partial charge in [0.1, 0.15) is 11.9 Å². The van der Waals surface area contributed by atoms with E-state index < -0.39 is 5.97 Å². The molecule has 4 rings (SSSR count). The zero-order valence-corrected chi connectivity index (χ0v) is 13.0. The fourth-order valence-corrected chi connectivity index (χ4v) is 3.58.